The number of halogens is 1. The molecule has 1 unspecified atom stereocenters. The number of rotatable bonds is 2. The van der Waals surface area contributed by atoms with Gasteiger partial charge in [0, 0.05) is 4.47 Å². The Hall–Kier alpha value is -0.920. The van der Waals surface area contributed by atoms with Gasteiger partial charge in [-0.1, -0.05) is 15.9 Å². The third-order valence-electron chi connectivity index (χ3n) is 2.60. The van der Waals surface area contributed by atoms with Gasteiger partial charge in [-0.15, -0.1) is 0 Å². The molecule has 1 amide bonds. The van der Waals surface area contributed by atoms with E-state index in [4.69, 9.17) is 5.73 Å². The first-order chi connectivity index (χ1) is 7.96. The molecule has 2 rings (SSSR count). The molecule has 0 saturated heterocycles. The summed E-state index contributed by atoms with van der Waals surface area (Å²) in [4.78, 5) is 11.8. The van der Waals surface area contributed by atoms with Gasteiger partial charge in [-0.2, -0.15) is 0 Å². The van der Waals surface area contributed by atoms with E-state index < -0.39 is 21.0 Å². The summed E-state index contributed by atoms with van der Waals surface area (Å²) >= 11 is 3.21. The van der Waals surface area contributed by atoms with Crippen LogP contribution in [0.5, 0.6) is 0 Å². The number of carbonyl (C=O) groups excluding carboxylic acids is 1. The Morgan fingerprint density at radius 3 is 2.76 bits per heavy atom. The fraction of sp³-hybridized carbons (Fsp3) is 0.300. The average Bonchev–Trinajstić information content (AvgIpc) is 2.26. The zero-order valence-electron chi connectivity index (χ0n) is 8.81. The van der Waals surface area contributed by atoms with Crippen LogP contribution in [-0.2, 0) is 14.6 Å². The van der Waals surface area contributed by atoms with Gasteiger partial charge in [0.2, 0.25) is 5.91 Å². The molecule has 0 saturated carbocycles. The zero-order valence-corrected chi connectivity index (χ0v) is 11.2. The maximum atomic E-state index is 12.2. The second-order valence-corrected chi connectivity index (χ2v) is 6.76. The Morgan fingerprint density at radius 1 is 1.41 bits per heavy atom. The molecule has 3 N–H and O–H groups in total. The second kappa shape index (κ2) is 4.40. The first kappa shape index (κ1) is 12.5. The third kappa shape index (κ3) is 2.10. The van der Waals surface area contributed by atoms with Crippen LogP contribution in [0, 0.1) is 0 Å². The monoisotopic (exact) mass is 318 g/mol. The van der Waals surface area contributed by atoms with Crippen molar-refractivity contribution in [3.05, 3.63) is 22.7 Å². The number of nitrogens with one attached hydrogen (secondary N) is 1. The van der Waals surface area contributed by atoms with Crippen molar-refractivity contribution in [2.24, 2.45) is 5.73 Å². The molecule has 1 aliphatic rings. The van der Waals surface area contributed by atoms with Crippen molar-refractivity contribution >= 4 is 37.4 Å². The number of hydrogen-bond acceptors (Lipinski definition) is 4. The van der Waals surface area contributed by atoms with Gasteiger partial charge in [0.1, 0.15) is 5.25 Å². The lowest BCUT2D eigenvalue weighted by Gasteiger charge is -2.24. The van der Waals surface area contributed by atoms with Gasteiger partial charge in [-0.3, -0.25) is 4.79 Å². The molecule has 0 aromatic heterocycles. The van der Waals surface area contributed by atoms with Gasteiger partial charge in [-0.05, 0) is 31.2 Å². The Labute approximate surface area is 107 Å². The third-order valence-corrected chi connectivity index (χ3v) is 5.25. The summed E-state index contributed by atoms with van der Waals surface area (Å²) in [5.41, 5.74) is 5.66. The minimum Gasteiger partial charge on any atom is -0.330 e. The van der Waals surface area contributed by atoms with Crippen molar-refractivity contribution in [3.8, 4) is 0 Å². The fourth-order valence-electron chi connectivity index (χ4n) is 1.78. The first-order valence-corrected chi connectivity index (χ1v) is 7.35. The van der Waals surface area contributed by atoms with Gasteiger partial charge in [0.15, 0.2) is 9.84 Å². The van der Waals surface area contributed by atoms with Crippen LogP contribution in [0.15, 0.2) is 27.6 Å². The van der Waals surface area contributed by atoms with Crippen molar-refractivity contribution in [1.82, 2.24) is 0 Å². The van der Waals surface area contributed by atoms with Gasteiger partial charge in [-0.25, -0.2) is 8.42 Å². The molecule has 1 aliphatic heterocycles. The molecule has 7 heteroatoms. The predicted molar refractivity (Wildman–Crippen MR) is 67.4 cm³/mol. The molecule has 5 nitrogen and oxygen atoms in total. The molecular formula is C10H11BrN2O3S. The topological polar surface area (TPSA) is 89.3 Å². The van der Waals surface area contributed by atoms with Crippen LogP contribution in [0.25, 0.3) is 0 Å². The summed E-state index contributed by atoms with van der Waals surface area (Å²) in [7, 11) is -3.64. The molecule has 1 atom stereocenters. The highest BCUT2D eigenvalue weighted by Crippen LogP contribution is 2.33. The van der Waals surface area contributed by atoms with Crippen LogP contribution in [0.1, 0.15) is 6.42 Å². The minimum absolute atomic E-state index is 0.125. The summed E-state index contributed by atoms with van der Waals surface area (Å²) in [6.07, 6.45) is 0.125. The van der Waals surface area contributed by atoms with E-state index in [1.807, 2.05) is 0 Å². The van der Waals surface area contributed by atoms with E-state index in [0.29, 0.717) is 10.2 Å². The maximum absolute atomic E-state index is 12.2. The largest absolute Gasteiger partial charge is 0.330 e. The first-order valence-electron chi connectivity index (χ1n) is 5.01. The summed E-state index contributed by atoms with van der Waals surface area (Å²) in [6.45, 7) is 0.153. The van der Waals surface area contributed by atoms with Gasteiger partial charge >= 0.3 is 0 Å². The molecule has 0 aliphatic carbocycles. The normalized spacial score (nSPS) is 21.8. The van der Waals surface area contributed by atoms with E-state index in [1.165, 1.54) is 6.07 Å². The van der Waals surface area contributed by atoms with E-state index in [9.17, 15) is 13.2 Å². The van der Waals surface area contributed by atoms with Gasteiger partial charge in [0.05, 0.1) is 10.6 Å². The smallest absolute Gasteiger partial charge is 0.243 e. The maximum Gasteiger partial charge on any atom is 0.243 e. The van der Waals surface area contributed by atoms with E-state index in [-0.39, 0.29) is 17.9 Å². The highest BCUT2D eigenvalue weighted by molar-refractivity contribution is 9.10. The molecule has 0 spiro atoms. The predicted octanol–water partition coefficient (Wildman–Crippen LogP) is 0.892. The van der Waals surface area contributed by atoms with Crippen LogP contribution >= 0.6 is 15.9 Å². The van der Waals surface area contributed by atoms with Crippen LogP contribution in [-0.4, -0.2) is 26.1 Å². The van der Waals surface area contributed by atoms with Crippen molar-refractivity contribution < 1.29 is 13.2 Å². The summed E-state index contributed by atoms with van der Waals surface area (Å²) in [5, 5.41) is 1.49. The zero-order chi connectivity index (χ0) is 12.6. The average molecular weight is 319 g/mol. The quantitative estimate of drug-likeness (QED) is 0.847. The van der Waals surface area contributed by atoms with E-state index in [2.05, 4.69) is 21.2 Å². The number of amides is 1. The number of hydrogen-bond donors (Lipinski definition) is 2. The molecule has 0 radical (unpaired) electrons. The molecule has 92 valence electrons. The van der Waals surface area contributed by atoms with Crippen molar-refractivity contribution in [3.63, 3.8) is 0 Å². The molecule has 17 heavy (non-hydrogen) atoms. The highest BCUT2D eigenvalue weighted by Gasteiger charge is 2.39. The van der Waals surface area contributed by atoms with E-state index >= 15 is 0 Å². The van der Waals surface area contributed by atoms with Gasteiger partial charge in [0.25, 0.3) is 0 Å². The minimum atomic E-state index is -3.64. The number of fused-ring (bicyclic) bond motifs is 1. The van der Waals surface area contributed by atoms with Crippen LogP contribution in [0.4, 0.5) is 5.69 Å². The number of benzene rings is 1. The molecule has 0 fully saturated rings. The Morgan fingerprint density at radius 2 is 2.12 bits per heavy atom. The summed E-state index contributed by atoms with van der Waals surface area (Å²) < 4.78 is 25.1. The Bertz CT molecular complexity index is 571. The molecule has 1 aromatic rings. The molecule has 0 bridgehead atoms. The lowest BCUT2D eigenvalue weighted by Crippen LogP contribution is -2.41. The molecule has 1 aromatic carbocycles. The Kier molecular flexibility index (Phi) is 3.24. The molecule has 1 heterocycles. The lowest BCUT2D eigenvalue weighted by atomic mass is 10.2. The number of anilines is 1. The van der Waals surface area contributed by atoms with E-state index in [1.54, 1.807) is 12.1 Å². The second-order valence-electron chi connectivity index (χ2n) is 3.74. The van der Waals surface area contributed by atoms with Crippen LogP contribution in [0.3, 0.4) is 0 Å². The fourth-order valence-corrected chi connectivity index (χ4v) is 4.10. The SMILES string of the molecule is NCCC1C(=O)Nc2ccc(Br)cc2S1(=O)=O. The standard InChI is InChI=1S/C10H11BrN2O3S/c11-6-1-2-7-9(5-6)17(15,16)8(3-4-12)10(14)13-7/h1-2,5,8H,3-4,12H2,(H,13,14). The number of carbonyl (C=O) groups is 1. The van der Waals surface area contributed by atoms with Crippen molar-refractivity contribution in [2.45, 2.75) is 16.6 Å². The summed E-state index contributed by atoms with van der Waals surface area (Å²) in [5.74, 6) is -0.509. The molecular weight excluding hydrogens is 308 g/mol. The lowest BCUT2D eigenvalue weighted by molar-refractivity contribution is -0.116. The summed E-state index contributed by atoms with van der Waals surface area (Å²) in [6, 6.07) is 4.74. The van der Waals surface area contributed by atoms with Crippen molar-refractivity contribution in [2.75, 3.05) is 11.9 Å². The Balaban J connectivity index is 2.59. The van der Waals surface area contributed by atoms with Crippen molar-refractivity contribution in [1.29, 1.82) is 0 Å². The number of sulfone groups is 1. The highest BCUT2D eigenvalue weighted by atomic mass is 79.9. The number of nitrogens with two attached hydrogens (primary N) is 1. The van der Waals surface area contributed by atoms with Gasteiger partial charge < -0.3 is 11.1 Å². The van der Waals surface area contributed by atoms with E-state index in [0.717, 1.165) is 0 Å². The van der Waals surface area contributed by atoms with Crippen LogP contribution in [0.2, 0.25) is 0 Å². The van der Waals surface area contributed by atoms with Crippen LogP contribution < -0.4 is 11.1 Å².